The molecule has 1 saturated heterocycles. The molecule has 4 aliphatic rings. The van der Waals surface area contributed by atoms with E-state index in [-0.39, 0.29) is 25.3 Å². The Morgan fingerprint density at radius 1 is 1.12 bits per heavy atom. The molecule has 1 aromatic heterocycles. The number of para-hydroxylation sites is 1. The summed E-state index contributed by atoms with van der Waals surface area (Å²) in [5.41, 5.74) is -0.441. The van der Waals surface area contributed by atoms with Crippen molar-refractivity contribution in [3.8, 4) is 0 Å². The normalized spacial score (nSPS) is 27.4. The van der Waals surface area contributed by atoms with Crippen molar-refractivity contribution >= 4 is 52.1 Å². The number of allylic oxidation sites excluding steroid dienone is 1. The zero-order chi connectivity index (χ0) is 36.3. The molecule has 1 aromatic carbocycles. The lowest BCUT2D eigenvalue weighted by atomic mass is 10.0. The maximum atomic E-state index is 14.2. The van der Waals surface area contributed by atoms with E-state index in [4.69, 9.17) is 14.5 Å². The van der Waals surface area contributed by atoms with Crippen LogP contribution in [0, 0.1) is 5.92 Å². The second-order valence-corrected chi connectivity index (χ2v) is 15.7. The van der Waals surface area contributed by atoms with E-state index in [0.717, 1.165) is 40.7 Å². The average molecular weight is 723 g/mol. The number of rotatable bonds is 5. The van der Waals surface area contributed by atoms with Gasteiger partial charge in [0, 0.05) is 35.9 Å². The highest BCUT2D eigenvalue weighted by molar-refractivity contribution is 7.15. The molecule has 51 heavy (non-hydrogen) atoms. The minimum Gasteiger partial charge on any atom is -0.479 e. The molecule has 3 aliphatic heterocycles. The van der Waals surface area contributed by atoms with Gasteiger partial charge in [-0.3, -0.25) is 9.59 Å². The number of nitrogens with zero attached hydrogens (tertiary/aromatic N) is 3. The second kappa shape index (κ2) is 14.9. The molecule has 2 aromatic rings. The first-order chi connectivity index (χ1) is 24.3. The van der Waals surface area contributed by atoms with Crippen molar-refractivity contribution in [2.45, 2.75) is 108 Å². The molecule has 15 heteroatoms. The molecular weight excluding hydrogens is 676 g/mol. The molecule has 4 heterocycles. The van der Waals surface area contributed by atoms with Crippen molar-refractivity contribution in [2.75, 3.05) is 18.4 Å². The fourth-order valence-electron chi connectivity index (χ4n) is 6.86. The lowest BCUT2D eigenvalue weighted by Crippen LogP contribution is -2.56. The van der Waals surface area contributed by atoms with Crippen LogP contribution in [0.15, 0.2) is 42.5 Å². The SMILES string of the molecule is CC(C)(C)OC(=O)N[C@H]1CCCCC/C=C\[C@H]2C[C@@]2(C(=O)O)NC(=O)[C@@H]2C[C@@H](OC(=O)N3CCc4nc(Nc5ccccc5)sc4C3)CN2C1=O. The predicted octanol–water partition coefficient (Wildman–Crippen LogP) is 4.72. The summed E-state index contributed by atoms with van der Waals surface area (Å²) in [6.07, 6.45) is 5.63. The van der Waals surface area contributed by atoms with Crippen LogP contribution in [-0.2, 0) is 36.8 Å². The zero-order valence-electron chi connectivity index (χ0n) is 29.2. The number of amides is 4. The molecule has 1 aliphatic carbocycles. The summed E-state index contributed by atoms with van der Waals surface area (Å²) in [5.74, 6) is -2.68. The predicted molar refractivity (Wildman–Crippen MR) is 188 cm³/mol. The number of nitrogens with one attached hydrogen (secondary N) is 3. The average Bonchev–Trinajstić information content (AvgIpc) is 3.38. The Kier molecular flexibility index (Phi) is 10.6. The van der Waals surface area contributed by atoms with E-state index >= 15 is 0 Å². The molecule has 0 unspecified atom stereocenters. The van der Waals surface area contributed by atoms with Gasteiger partial charge in [0.05, 0.1) is 18.8 Å². The highest BCUT2D eigenvalue weighted by Crippen LogP contribution is 2.45. The van der Waals surface area contributed by atoms with Crippen LogP contribution in [0.3, 0.4) is 0 Å². The van der Waals surface area contributed by atoms with Gasteiger partial charge in [-0.15, -0.1) is 0 Å². The highest BCUT2D eigenvalue weighted by Gasteiger charge is 2.61. The van der Waals surface area contributed by atoms with Gasteiger partial charge in [-0.05, 0) is 58.6 Å². The molecule has 4 amide bonds. The van der Waals surface area contributed by atoms with Crippen LogP contribution in [0.2, 0.25) is 0 Å². The van der Waals surface area contributed by atoms with E-state index in [2.05, 4.69) is 16.0 Å². The number of aliphatic carboxylic acids is 1. The van der Waals surface area contributed by atoms with E-state index in [1.54, 1.807) is 25.7 Å². The van der Waals surface area contributed by atoms with Gasteiger partial charge in [-0.25, -0.2) is 19.4 Å². The van der Waals surface area contributed by atoms with Crippen molar-refractivity contribution < 1.29 is 38.6 Å². The van der Waals surface area contributed by atoms with Crippen LogP contribution in [0.5, 0.6) is 0 Å². The van der Waals surface area contributed by atoms with Crippen LogP contribution >= 0.6 is 11.3 Å². The first kappa shape index (κ1) is 36.1. The van der Waals surface area contributed by atoms with Crippen molar-refractivity contribution in [1.29, 1.82) is 0 Å². The first-order valence-corrected chi connectivity index (χ1v) is 18.4. The molecule has 5 atom stereocenters. The zero-order valence-corrected chi connectivity index (χ0v) is 30.0. The standard InChI is InChI=1S/C36H46N6O8S/c1-35(2,3)50-33(47)39-26-15-11-6-4-5-8-12-22-19-36(22,31(45)46)40-29(43)27-18-24(20-42(27)30(26)44)49-34(48)41-17-16-25-28(21-41)51-32(38-25)37-23-13-9-7-10-14-23/h7-10,12-14,22,24,26-27H,4-6,11,15-21H2,1-3H3,(H,37,38)(H,39,47)(H,40,43)(H,45,46)/b12-8-/t22-,24+,26-,27-,36+/m0/s1. The Balaban J connectivity index is 1.18. The molecule has 274 valence electrons. The monoisotopic (exact) mass is 722 g/mol. The summed E-state index contributed by atoms with van der Waals surface area (Å²) in [4.78, 5) is 75.4. The minimum atomic E-state index is -1.47. The third-order valence-corrected chi connectivity index (χ3v) is 10.6. The highest BCUT2D eigenvalue weighted by atomic mass is 32.1. The largest absolute Gasteiger partial charge is 0.479 e. The van der Waals surface area contributed by atoms with Gasteiger partial charge in [0.25, 0.3) is 0 Å². The van der Waals surface area contributed by atoms with Crippen LogP contribution < -0.4 is 16.0 Å². The molecular formula is C36H46N6O8S. The number of carboxylic acid groups (broad SMARTS) is 1. The van der Waals surface area contributed by atoms with E-state index in [1.807, 2.05) is 42.5 Å². The molecule has 6 rings (SSSR count). The molecule has 0 radical (unpaired) electrons. The number of thiazole rings is 1. The number of hydrogen-bond donors (Lipinski definition) is 4. The Morgan fingerprint density at radius 2 is 1.90 bits per heavy atom. The third kappa shape index (κ3) is 8.63. The fourth-order valence-corrected chi connectivity index (χ4v) is 7.91. The van der Waals surface area contributed by atoms with Gasteiger partial charge >= 0.3 is 18.2 Å². The number of hydrogen-bond acceptors (Lipinski definition) is 10. The number of carboxylic acids is 1. The number of fused-ring (bicyclic) bond motifs is 3. The number of carbonyl (C=O) groups excluding carboxylic acids is 4. The molecule has 2 fully saturated rings. The summed E-state index contributed by atoms with van der Waals surface area (Å²) in [6, 6.07) is 7.57. The summed E-state index contributed by atoms with van der Waals surface area (Å²) >= 11 is 1.47. The summed E-state index contributed by atoms with van der Waals surface area (Å²) < 4.78 is 11.4. The lowest BCUT2D eigenvalue weighted by Gasteiger charge is -2.30. The van der Waals surface area contributed by atoms with Gasteiger partial charge in [0.15, 0.2) is 5.13 Å². The van der Waals surface area contributed by atoms with Gasteiger partial charge in [0.2, 0.25) is 11.8 Å². The molecule has 4 N–H and O–H groups in total. The Hall–Kier alpha value is -4.66. The Labute approximate surface area is 300 Å². The van der Waals surface area contributed by atoms with E-state index in [1.165, 1.54) is 16.2 Å². The van der Waals surface area contributed by atoms with Crippen molar-refractivity contribution in [1.82, 2.24) is 25.4 Å². The summed E-state index contributed by atoms with van der Waals surface area (Å²) in [7, 11) is 0. The number of alkyl carbamates (subject to hydrolysis) is 1. The van der Waals surface area contributed by atoms with Gasteiger partial charge in [0.1, 0.15) is 29.3 Å². The molecule has 0 spiro atoms. The van der Waals surface area contributed by atoms with Gasteiger partial charge in [-0.1, -0.05) is 54.5 Å². The summed E-state index contributed by atoms with van der Waals surface area (Å²) in [6.45, 7) is 5.77. The van der Waals surface area contributed by atoms with Crippen molar-refractivity contribution in [3.05, 3.63) is 53.1 Å². The topological polar surface area (TPSA) is 180 Å². The second-order valence-electron chi connectivity index (χ2n) is 14.6. The van der Waals surface area contributed by atoms with Crippen molar-refractivity contribution in [2.24, 2.45) is 5.92 Å². The van der Waals surface area contributed by atoms with E-state index in [9.17, 15) is 29.1 Å². The smallest absolute Gasteiger partial charge is 0.410 e. The minimum absolute atomic E-state index is 0.0243. The van der Waals surface area contributed by atoms with Crippen LogP contribution in [-0.4, -0.2) is 92.3 Å². The molecule has 1 saturated carbocycles. The van der Waals surface area contributed by atoms with E-state index in [0.29, 0.717) is 32.4 Å². The molecule has 0 bridgehead atoms. The van der Waals surface area contributed by atoms with Gasteiger partial charge < -0.3 is 40.3 Å². The van der Waals surface area contributed by atoms with Crippen LogP contribution in [0.25, 0.3) is 0 Å². The van der Waals surface area contributed by atoms with E-state index < -0.39 is 59.3 Å². The number of benzene rings is 1. The Morgan fingerprint density at radius 3 is 2.65 bits per heavy atom. The van der Waals surface area contributed by atoms with Crippen LogP contribution in [0.1, 0.15) is 76.3 Å². The van der Waals surface area contributed by atoms with Gasteiger partial charge in [-0.2, -0.15) is 0 Å². The first-order valence-electron chi connectivity index (χ1n) is 17.6. The number of carbonyl (C=O) groups is 5. The lowest BCUT2D eigenvalue weighted by molar-refractivity contribution is -0.145. The quantitative estimate of drug-likeness (QED) is 0.316. The maximum absolute atomic E-state index is 14.2. The van der Waals surface area contributed by atoms with Crippen molar-refractivity contribution in [3.63, 3.8) is 0 Å². The maximum Gasteiger partial charge on any atom is 0.410 e. The third-order valence-electron chi connectivity index (χ3n) is 9.59. The number of ether oxygens (including phenoxy) is 2. The summed E-state index contributed by atoms with van der Waals surface area (Å²) in [5, 5.41) is 19.6. The molecule has 14 nitrogen and oxygen atoms in total. The number of anilines is 2. The number of aromatic nitrogens is 1. The Bertz CT molecular complexity index is 1670. The van der Waals surface area contributed by atoms with Crippen LogP contribution in [0.4, 0.5) is 20.4 Å². The fraction of sp³-hybridized carbons (Fsp3) is 0.556.